The lowest BCUT2D eigenvalue weighted by Gasteiger charge is -2.26. The lowest BCUT2D eigenvalue weighted by atomic mass is 9.90. The number of nitrogens with two attached hydrogens (primary N) is 1. The van der Waals surface area contributed by atoms with Crippen molar-refractivity contribution in [1.82, 2.24) is 5.06 Å². The molecule has 2 saturated heterocycles. The predicted molar refractivity (Wildman–Crippen MR) is 107 cm³/mol. The first-order valence-corrected chi connectivity index (χ1v) is 9.58. The molecule has 0 aromatic heterocycles. The molecule has 3 amide bonds. The molecule has 0 saturated carbocycles. The summed E-state index contributed by atoms with van der Waals surface area (Å²) < 4.78 is 0. The summed E-state index contributed by atoms with van der Waals surface area (Å²) >= 11 is 6.19. The number of rotatable bonds is 4. The molecule has 2 N–H and O–H groups in total. The lowest BCUT2D eigenvalue weighted by Crippen LogP contribution is -2.40. The fraction of sp³-hybridized carbons (Fsp3) is 0.286. The molecule has 2 aromatic rings. The van der Waals surface area contributed by atoms with Gasteiger partial charge in [0.1, 0.15) is 6.54 Å². The second-order valence-corrected chi connectivity index (χ2v) is 7.80. The monoisotopic (exact) mass is 413 g/mol. The molecule has 8 heteroatoms. The van der Waals surface area contributed by atoms with Gasteiger partial charge in [0.25, 0.3) is 5.91 Å². The van der Waals surface area contributed by atoms with E-state index in [9.17, 15) is 14.4 Å². The first-order valence-electron chi connectivity index (χ1n) is 9.20. The Morgan fingerprint density at radius 2 is 1.90 bits per heavy atom. The highest BCUT2D eigenvalue weighted by Gasteiger charge is 2.60. The highest BCUT2D eigenvalue weighted by molar-refractivity contribution is 6.32. The summed E-state index contributed by atoms with van der Waals surface area (Å²) in [6.07, 6.45) is -1.02. The minimum absolute atomic E-state index is 0.220. The Balaban J connectivity index is 1.75. The van der Waals surface area contributed by atoms with Crippen LogP contribution in [0.2, 0.25) is 5.02 Å². The maximum atomic E-state index is 13.3. The van der Waals surface area contributed by atoms with E-state index < -0.39 is 35.8 Å². The molecule has 0 bridgehead atoms. The Bertz CT molecular complexity index is 1020. The summed E-state index contributed by atoms with van der Waals surface area (Å²) in [5.74, 6) is -2.27. The van der Waals surface area contributed by atoms with Crippen LogP contribution in [-0.2, 0) is 19.2 Å². The minimum Gasteiger partial charge on any atom is -0.368 e. The summed E-state index contributed by atoms with van der Waals surface area (Å²) in [7, 11) is 0. The first-order chi connectivity index (χ1) is 13.8. The van der Waals surface area contributed by atoms with Crippen LogP contribution in [0.1, 0.15) is 22.7 Å². The molecule has 2 heterocycles. The van der Waals surface area contributed by atoms with Crippen LogP contribution >= 0.6 is 11.6 Å². The largest absolute Gasteiger partial charge is 0.368 e. The molecule has 2 aliphatic heterocycles. The number of amides is 3. The van der Waals surface area contributed by atoms with E-state index in [1.807, 2.05) is 38.1 Å². The number of hydrogen-bond donors (Lipinski definition) is 1. The first kappa shape index (κ1) is 19.6. The van der Waals surface area contributed by atoms with Crippen molar-refractivity contribution >= 4 is 35.0 Å². The molecular formula is C21H20ClN3O4. The molecular weight excluding hydrogens is 394 g/mol. The van der Waals surface area contributed by atoms with Gasteiger partial charge < -0.3 is 5.73 Å². The Labute approximate surface area is 172 Å². The fourth-order valence-electron chi connectivity index (χ4n) is 3.96. The molecule has 0 radical (unpaired) electrons. The second-order valence-electron chi connectivity index (χ2n) is 7.40. The molecule has 3 atom stereocenters. The number of hydrogen-bond acceptors (Lipinski definition) is 5. The number of halogens is 1. The summed E-state index contributed by atoms with van der Waals surface area (Å²) in [5.41, 5.74) is 8.37. The molecule has 2 fully saturated rings. The average Bonchev–Trinajstić information content (AvgIpc) is 3.13. The highest BCUT2D eigenvalue weighted by atomic mass is 35.5. The van der Waals surface area contributed by atoms with Gasteiger partial charge in [-0.2, -0.15) is 5.06 Å². The number of hydroxylamine groups is 2. The number of imide groups is 1. The van der Waals surface area contributed by atoms with Crippen molar-refractivity contribution in [1.29, 1.82) is 0 Å². The van der Waals surface area contributed by atoms with E-state index in [1.54, 1.807) is 18.2 Å². The summed E-state index contributed by atoms with van der Waals surface area (Å²) in [4.78, 5) is 44.8. The van der Waals surface area contributed by atoms with Crippen LogP contribution in [0.3, 0.4) is 0 Å². The van der Waals surface area contributed by atoms with Gasteiger partial charge in [-0.1, -0.05) is 47.5 Å². The molecule has 4 rings (SSSR count). The maximum Gasteiger partial charge on any atom is 0.265 e. The van der Waals surface area contributed by atoms with Gasteiger partial charge in [-0.3, -0.25) is 19.2 Å². The zero-order chi connectivity index (χ0) is 20.9. The average molecular weight is 414 g/mol. The SMILES string of the molecule is Cc1cccc(C2C3C(=O)N(c4ccc(C)c(Cl)c4)C(=O)C3ON2CC(N)=O)c1. The van der Waals surface area contributed by atoms with E-state index in [0.717, 1.165) is 21.6 Å². The quantitative estimate of drug-likeness (QED) is 0.776. The van der Waals surface area contributed by atoms with Crippen molar-refractivity contribution in [2.45, 2.75) is 26.0 Å². The number of primary amides is 1. The molecule has 2 aromatic carbocycles. The van der Waals surface area contributed by atoms with Crippen molar-refractivity contribution in [3.05, 3.63) is 64.2 Å². The van der Waals surface area contributed by atoms with Crippen molar-refractivity contribution in [2.75, 3.05) is 11.4 Å². The maximum absolute atomic E-state index is 13.3. The number of carbonyl (C=O) groups is 3. The predicted octanol–water partition coefficient (Wildman–Crippen LogP) is 2.29. The van der Waals surface area contributed by atoms with Crippen LogP contribution < -0.4 is 10.6 Å². The number of nitrogens with zero attached hydrogens (tertiary/aromatic N) is 2. The van der Waals surface area contributed by atoms with Gasteiger partial charge in [0.2, 0.25) is 11.8 Å². The zero-order valence-corrected chi connectivity index (χ0v) is 16.7. The van der Waals surface area contributed by atoms with Gasteiger partial charge in [0, 0.05) is 5.02 Å². The van der Waals surface area contributed by atoms with Crippen molar-refractivity contribution in [3.8, 4) is 0 Å². The third kappa shape index (κ3) is 3.31. The van der Waals surface area contributed by atoms with Crippen molar-refractivity contribution < 1.29 is 19.2 Å². The van der Waals surface area contributed by atoms with Gasteiger partial charge in [0.05, 0.1) is 17.6 Å². The third-order valence-electron chi connectivity index (χ3n) is 5.30. The Morgan fingerprint density at radius 1 is 1.14 bits per heavy atom. The van der Waals surface area contributed by atoms with Gasteiger partial charge in [-0.25, -0.2) is 4.90 Å². The van der Waals surface area contributed by atoms with Gasteiger partial charge >= 0.3 is 0 Å². The smallest absolute Gasteiger partial charge is 0.265 e. The minimum atomic E-state index is -1.02. The molecule has 29 heavy (non-hydrogen) atoms. The second kappa shape index (κ2) is 7.26. The van der Waals surface area contributed by atoms with E-state index in [1.165, 1.54) is 5.06 Å². The molecule has 7 nitrogen and oxygen atoms in total. The van der Waals surface area contributed by atoms with Gasteiger partial charge in [-0.15, -0.1) is 0 Å². The van der Waals surface area contributed by atoms with Crippen molar-refractivity contribution in [2.24, 2.45) is 11.7 Å². The Kier molecular flexibility index (Phi) is 4.90. The van der Waals surface area contributed by atoms with Crippen LogP contribution in [0.15, 0.2) is 42.5 Å². The van der Waals surface area contributed by atoms with Crippen LogP contribution in [-0.4, -0.2) is 35.4 Å². The Morgan fingerprint density at radius 3 is 2.55 bits per heavy atom. The van der Waals surface area contributed by atoms with Crippen LogP contribution in [0.25, 0.3) is 0 Å². The number of aryl methyl sites for hydroxylation is 2. The van der Waals surface area contributed by atoms with E-state index in [0.29, 0.717) is 10.7 Å². The number of carbonyl (C=O) groups excluding carboxylic acids is 3. The number of anilines is 1. The Hall–Kier alpha value is -2.74. The topological polar surface area (TPSA) is 92.9 Å². The summed E-state index contributed by atoms with van der Waals surface area (Å²) in [5, 5.41) is 1.81. The lowest BCUT2D eigenvalue weighted by molar-refractivity contribution is -0.175. The molecule has 0 aliphatic carbocycles. The van der Waals surface area contributed by atoms with Crippen LogP contribution in [0.5, 0.6) is 0 Å². The standard InChI is InChI=1S/C21H20ClN3O4/c1-11-4-3-5-13(8-11)18-17-19(29-24(18)10-16(23)26)21(28)25(20(17)27)14-7-6-12(2)15(22)9-14/h3-9,17-19H,10H2,1-2H3,(H2,23,26). The molecule has 150 valence electrons. The number of fused-ring (bicyclic) bond motifs is 1. The van der Waals surface area contributed by atoms with E-state index >= 15 is 0 Å². The van der Waals surface area contributed by atoms with Gasteiger partial charge in [0.15, 0.2) is 6.10 Å². The zero-order valence-electron chi connectivity index (χ0n) is 16.0. The fourth-order valence-corrected chi connectivity index (χ4v) is 4.14. The molecule has 2 aliphatic rings. The normalized spacial score (nSPS) is 24.2. The molecule has 0 spiro atoms. The summed E-state index contributed by atoms with van der Waals surface area (Å²) in [6, 6.07) is 12.0. The van der Waals surface area contributed by atoms with E-state index in [4.69, 9.17) is 22.2 Å². The van der Waals surface area contributed by atoms with E-state index in [-0.39, 0.29) is 6.54 Å². The van der Waals surface area contributed by atoms with E-state index in [2.05, 4.69) is 0 Å². The van der Waals surface area contributed by atoms with Gasteiger partial charge in [-0.05, 0) is 37.1 Å². The molecule has 3 unspecified atom stereocenters. The highest BCUT2D eigenvalue weighted by Crippen LogP contribution is 2.45. The van der Waals surface area contributed by atoms with Crippen LogP contribution in [0, 0.1) is 19.8 Å². The number of benzene rings is 2. The third-order valence-corrected chi connectivity index (χ3v) is 5.71. The van der Waals surface area contributed by atoms with Crippen LogP contribution in [0.4, 0.5) is 5.69 Å². The summed E-state index contributed by atoms with van der Waals surface area (Å²) in [6.45, 7) is 3.55. The van der Waals surface area contributed by atoms with Crippen molar-refractivity contribution in [3.63, 3.8) is 0 Å².